The quantitative estimate of drug-likeness (QED) is 0.547. The topological polar surface area (TPSA) is 142 Å². The highest BCUT2D eigenvalue weighted by atomic mass is 32.1. The summed E-state index contributed by atoms with van der Waals surface area (Å²) in [5.74, 6) is 1.24. The highest BCUT2D eigenvalue weighted by Gasteiger charge is 2.40. The second-order valence-corrected chi connectivity index (χ2v) is 10.2. The van der Waals surface area contributed by atoms with E-state index in [9.17, 15) is 14.7 Å². The number of hydrogen-bond donors (Lipinski definition) is 2. The predicted octanol–water partition coefficient (Wildman–Crippen LogP) is 1.34. The number of aliphatic hydroxyl groups is 1. The number of nitrogens with two attached hydrogens (primary N) is 1. The fraction of sp³-hybridized carbons (Fsp3) is 0.500. The first-order chi connectivity index (χ1) is 16.2. The molecule has 0 radical (unpaired) electrons. The molecule has 3 aromatic rings. The molecule has 11 nitrogen and oxygen atoms in total. The van der Waals surface area contributed by atoms with Crippen molar-refractivity contribution in [2.24, 2.45) is 0 Å². The number of furan rings is 1. The Labute approximate surface area is 200 Å². The molecule has 2 aliphatic heterocycles. The lowest BCUT2D eigenvalue weighted by atomic mass is 10.0. The number of fused-ring (bicyclic) bond motifs is 1. The number of carbonyl (C=O) groups is 2. The summed E-state index contributed by atoms with van der Waals surface area (Å²) in [5, 5.41) is 10.6. The molecule has 0 spiro atoms. The van der Waals surface area contributed by atoms with E-state index in [-0.39, 0.29) is 30.1 Å². The van der Waals surface area contributed by atoms with Crippen LogP contribution in [0.2, 0.25) is 0 Å². The molecule has 0 saturated carbocycles. The zero-order valence-corrected chi connectivity index (χ0v) is 19.9. The van der Waals surface area contributed by atoms with E-state index in [1.165, 1.54) is 11.3 Å². The van der Waals surface area contributed by atoms with Crippen LogP contribution in [0.15, 0.2) is 22.8 Å². The Kier molecular flexibility index (Phi) is 5.64. The number of aromatic nitrogens is 3. The highest BCUT2D eigenvalue weighted by molar-refractivity contribution is 7.21. The number of carbonyl (C=O) groups excluding carboxylic acids is 2. The van der Waals surface area contributed by atoms with Crippen LogP contribution in [0.1, 0.15) is 26.7 Å². The van der Waals surface area contributed by atoms with Gasteiger partial charge in [0.1, 0.15) is 11.6 Å². The molecule has 2 saturated heterocycles. The van der Waals surface area contributed by atoms with Crippen LogP contribution >= 0.6 is 11.3 Å². The molecule has 5 rings (SSSR count). The molecule has 0 unspecified atom stereocenters. The molecule has 3 N–H and O–H groups in total. The predicted molar refractivity (Wildman–Crippen MR) is 127 cm³/mol. The molecule has 1 atom stereocenters. The maximum atomic E-state index is 13.2. The molecule has 180 valence electrons. The van der Waals surface area contributed by atoms with Crippen molar-refractivity contribution in [2.45, 2.75) is 38.3 Å². The van der Waals surface area contributed by atoms with E-state index in [1.54, 1.807) is 36.0 Å². The lowest BCUT2D eigenvalue weighted by molar-refractivity contribution is -0.143. The van der Waals surface area contributed by atoms with Crippen LogP contribution in [-0.4, -0.2) is 86.0 Å². The molecule has 34 heavy (non-hydrogen) atoms. The van der Waals surface area contributed by atoms with Crippen molar-refractivity contribution in [3.63, 3.8) is 0 Å². The molecular weight excluding hydrogens is 458 g/mol. The third kappa shape index (κ3) is 4.30. The molecular formula is C22H27N7O4S. The Morgan fingerprint density at radius 3 is 2.53 bits per heavy atom. The van der Waals surface area contributed by atoms with Crippen LogP contribution in [-0.2, 0) is 9.59 Å². The number of rotatable bonds is 5. The summed E-state index contributed by atoms with van der Waals surface area (Å²) in [6.45, 7) is 5.74. The van der Waals surface area contributed by atoms with Crippen molar-refractivity contribution in [3.05, 3.63) is 18.4 Å². The van der Waals surface area contributed by atoms with E-state index in [0.717, 1.165) is 0 Å². The van der Waals surface area contributed by atoms with Gasteiger partial charge in [0.2, 0.25) is 17.8 Å². The van der Waals surface area contributed by atoms with E-state index in [4.69, 9.17) is 10.2 Å². The standard InChI is InChI=1S/C22H27N7O4S/c1-22(2,32)12-15(30)27-7-9-28(10-8-27)20(31)13-5-6-29(13)21-25-17(23)16-19(26-21)34-18(24-16)14-4-3-11-33-14/h3-4,11,13,32H,5-10,12H2,1-2H3,(H2,23,25,26)/t13-/m0/s1. The van der Waals surface area contributed by atoms with Crippen molar-refractivity contribution < 1.29 is 19.1 Å². The maximum absolute atomic E-state index is 13.2. The van der Waals surface area contributed by atoms with Gasteiger partial charge >= 0.3 is 0 Å². The number of nitrogens with zero attached hydrogens (tertiary/aromatic N) is 6. The monoisotopic (exact) mass is 485 g/mol. The fourth-order valence-corrected chi connectivity index (χ4v) is 5.13. The summed E-state index contributed by atoms with van der Waals surface area (Å²) in [6.07, 6.45) is 2.36. The van der Waals surface area contributed by atoms with Gasteiger partial charge in [0.05, 0.1) is 18.3 Å². The summed E-state index contributed by atoms with van der Waals surface area (Å²) >= 11 is 1.37. The Balaban J connectivity index is 1.26. The normalized spacial score (nSPS) is 18.9. The Morgan fingerprint density at radius 1 is 1.18 bits per heavy atom. The van der Waals surface area contributed by atoms with Crippen LogP contribution < -0.4 is 10.6 Å². The van der Waals surface area contributed by atoms with Gasteiger partial charge in [0.25, 0.3) is 0 Å². The van der Waals surface area contributed by atoms with Crippen LogP contribution in [0.3, 0.4) is 0 Å². The van der Waals surface area contributed by atoms with Gasteiger partial charge in [-0.3, -0.25) is 9.59 Å². The summed E-state index contributed by atoms with van der Waals surface area (Å²) < 4.78 is 5.42. The number of anilines is 2. The molecule has 0 aliphatic carbocycles. The number of piperazine rings is 1. The van der Waals surface area contributed by atoms with Crippen LogP contribution in [0, 0.1) is 0 Å². The molecule has 12 heteroatoms. The number of amides is 2. The van der Waals surface area contributed by atoms with Crippen molar-refractivity contribution in [1.82, 2.24) is 24.8 Å². The third-order valence-corrected chi connectivity index (χ3v) is 7.06. The first-order valence-corrected chi connectivity index (χ1v) is 12.0. The molecule has 5 heterocycles. The molecule has 2 aliphatic rings. The minimum absolute atomic E-state index is 0.00341. The van der Waals surface area contributed by atoms with Gasteiger partial charge in [0, 0.05) is 32.7 Å². The summed E-state index contributed by atoms with van der Waals surface area (Å²) in [4.78, 5) is 45.1. The molecule has 3 aromatic heterocycles. The van der Waals surface area contributed by atoms with Crippen molar-refractivity contribution in [2.75, 3.05) is 43.4 Å². The van der Waals surface area contributed by atoms with E-state index in [0.29, 0.717) is 66.2 Å². The van der Waals surface area contributed by atoms with Crippen LogP contribution in [0.25, 0.3) is 21.1 Å². The molecule has 2 amide bonds. The summed E-state index contributed by atoms with van der Waals surface area (Å²) in [6, 6.07) is 3.26. The Hall–Kier alpha value is -3.25. The van der Waals surface area contributed by atoms with E-state index in [2.05, 4.69) is 15.0 Å². The number of nitrogen functional groups attached to an aromatic ring is 1. The van der Waals surface area contributed by atoms with Gasteiger partial charge in [-0.1, -0.05) is 11.3 Å². The van der Waals surface area contributed by atoms with Gasteiger partial charge in [0.15, 0.2) is 21.4 Å². The van der Waals surface area contributed by atoms with Crippen molar-refractivity contribution in [1.29, 1.82) is 0 Å². The average Bonchev–Trinajstić information content (AvgIpc) is 3.42. The lowest BCUT2D eigenvalue weighted by Crippen LogP contribution is -2.61. The Bertz CT molecular complexity index is 1210. The molecule has 0 bridgehead atoms. The zero-order chi connectivity index (χ0) is 24.0. The second-order valence-electron chi connectivity index (χ2n) is 9.25. The Morgan fingerprint density at radius 2 is 1.91 bits per heavy atom. The van der Waals surface area contributed by atoms with Crippen LogP contribution in [0.5, 0.6) is 0 Å². The van der Waals surface area contributed by atoms with Gasteiger partial charge in [-0.2, -0.15) is 9.97 Å². The molecule has 2 fully saturated rings. The lowest BCUT2D eigenvalue weighted by Gasteiger charge is -2.44. The van der Waals surface area contributed by atoms with Gasteiger partial charge in [-0.15, -0.1) is 0 Å². The van der Waals surface area contributed by atoms with Gasteiger partial charge < -0.3 is 30.0 Å². The van der Waals surface area contributed by atoms with E-state index < -0.39 is 5.60 Å². The average molecular weight is 486 g/mol. The first-order valence-electron chi connectivity index (χ1n) is 11.2. The highest BCUT2D eigenvalue weighted by Crippen LogP contribution is 2.34. The van der Waals surface area contributed by atoms with Gasteiger partial charge in [-0.25, -0.2) is 4.98 Å². The minimum atomic E-state index is -1.05. The maximum Gasteiger partial charge on any atom is 0.245 e. The van der Waals surface area contributed by atoms with Crippen molar-refractivity contribution >= 4 is 45.3 Å². The fourth-order valence-electron chi connectivity index (χ4n) is 4.22. The smallest absolute Gasteiger partial charge is 0.245 e. The van der Waals surface area contributed by atoms with Crippen LogP contribution in [0.4, 0.5) is 11.8 Å². The zero-order valence-electron chi connectivity index (χ0n) is 19.1. The van der Waals surface area contributed by atoms with E-state index in [1.807, 2.05) is 11.0 Å². The third-order valence-electron chi connectivity index (χ3n) is 6.10. The first kappa shape index (κ1) is 22.5. The summed E-state index contributed by atoms with van der Waals surface area (Å²) in [7, 11) is 0. The number of thiazole rings is 1. The SMILES string of the molecule is CC(C)(O)CC(=O)N1CCN(C(=O)[C@@H]2CCN2c2nc(N)c3nc(-c4ccco4)sc3n2)CC1. The van der Waals surface area contributed by atoms with Gasteiger partial charge in [-0.05, 0) is 32.4 Å². The van der Waals surface area contributed by atoms with Crippen molar-refractivity contribution in [3.8, 4) is 10.8 Å². The largest absolute Gasteiger partial charge is 0.462 e. The second kappa shape index (κ2) is 8.51. The van der Waals surface area contributed by atoms with E-state index >= 15 is 0 Å². The molecule has 0 aromatic carbocycles. The summed E-state index contributed by atoms with van der Waals surface area (Å²) in [5.41, 5.74) is 5.66. The minimum Gasteiger partial charge on any atom is -0.462 e. The number of hydrogen-bond acceptors (Lipinski definition) is 10.